The number of hydrogen-bond acceptors (Lipinski definition) is 2. The maximum atomic E-state index is 3.85. The molecule has 3 fully saturated rings. The summed E-state index contributed by atoms with van der Waals surface area (Å²) in [7, 11) is 0. The van der Waals surface area contributed by atoms with Gasteiger partial charge in [0.05, 0.1) is 0 Å². The number of nitrogens with zero attached hydrogens (tertiary/aromatic N) is 1. The molecule has 17 heavy (non-hydrogen) atoms. The number of piperazine rings is 1. The van der Waals surface area contributed by atoms with Crippen molar-refractivity contribution in [3.8, 4) is 0 Å². The monoisotopic (exact) mass is 236 g/mol. The van der Waals surface area contributed by atoms with Crippen molar-refractivity contribution in [3.63, 3.8) is 0 Å². The van der Waals surface area contributed by atoms with Gasteiger partial charge in [-0.25, -0.2) is 0 Å². The summed E-state index contributed by atoms with van der Waals surface area (Å²) >= 11 is 0. The summed E-state index contributed by atoms with van der Waals surface area (Å²) in [5.41, 5.74) is 0.510. The molecule has 1 heterocycles. The predicted molar refractivity (Wildman–Crippen MR) is 72.2 cm³/mol. The summed E-state index contributed by atoms with van der Waals surface area (Å²) in [6, 6.07) is 0.954. The van der Waals surface area contributed by atoms with Gasteiger partial charge in [0, 0.05) is 31.2 Å². The highest BCUT2D eigenvalue weighted by Gasteiger charge is 2.45. The van der Waals surface area contributed by atoms with E-state index in [4.69, 9.17) is 0 Å². The van der Waals surface area contributed by atoms with Crippen LogP contribution < -0.4 is 5.32 Å². The standard InChI is InChI=1S/C15H28N2/c1-2-6-13-11-14(13)17-10-9-16-15(12-17)7-4-3-5-8-15/h13-14,16H,2-12H2,1H3. The lowest BCUT2D eigenvalue weighted by atomic mass is 9.80. The van der Waals surface area contributed by atoms with Crippen molar-refractivity contribution in [2.45, 2.75) is 69.9 Å². The van der Waals surface area contributed by atoms with Crippen LogP contribution in [0.4, 0.5) is 0 Å². The average molecular weight is 236 g/mol. The van der Waals surface area contributed by atoms with E-state index < -0.39 is 0 Å². The van der Waals surface area contributed by atoms with Crippen LogP contribution in [-0.2, 0) is 0 Å². The van der Waals surface area contributed by atoms with Crippen molar-refractivity contribution >= 4 is 0 Å². The molecule has 2 heteroatoms. The van der Waals surface area contributed by atoms with Gasteiger partial charge in [0.2, 0.25) is 0 Å². The summed E-state index contributed by atoms with van der Waals surface area (Å²) in [6.07, 6.45) is 11.5. The zero-order valence-corrected chi connectivity index (χ0v) is 11.4. The molecule has 1 saturated heterocycles. The van der Waals surface area contributed by atoms with Crippen LogP contribution in [0.15, 0.2) is 0 Å². The summed E-state index contributed by atoms with van der Waals surface area (Å²) < 4.78 is 0. The Bertz CT molecular complexity index is 252. The van der Waals surface area contributed by atoms with Crippen molar-refractivity contribution in [2.24, 2.45) is 5.92 Å². The van der Waals surface area contributed by atoms with Gasteiger partial charge in [-0.3, -0.25) is 4.90 Å². The first-order valence-corrected chi connectivity index (χ1v) is 7.82. The van der Waals surface area contributed by atoms with E-state index in [0.29, 0.717) is 5.54 Å². The second-order valence-electron chi connectivity index (χ2n) is 6.59. The average Bonchev–Trinajstić information content (AvgIpc) is 3.10. The van der Waals surface area contributed by atoms with Crippen molar-refractivity contribution < 1.29 is 0 Å². The molecule has 0 amide bonds. The van der Waals surface area contributed by atoms with Crippen LogP contribution >= 0.6 is 0 Å². The molecule has 1 aliphatic heterocycles. The highest BCUT2D eigenvalue weighted by atomic mass is 15.3. The van der Waals surface area contributed by atoms with E-state index in [-0.39, 0.29) is 0 Å². The van der Waals surface area contributed by atoms with Crippen molar-refractivity contribution in [1.29, 1.82) is 0 Å². The normalized spacial score (nSPS) is 37.2. The Morgan fingerprint density at radius 1 is 1.24 bits per heavy atom. The van der Waals surface area contributed by atoms with Gasteiger partial charge in [0.25, 0.3) is 0 Å². The quantitative estimate of drug-likeness (QED) is 0.810. The van der Waals surface area contributed by atoms with Gasteiger partial charge < -0.3 is 5.32 Å². The van der Waals surface area contributed by atoms with E-state index in [1.807, 2.05) is 0 Å². The minimum atomic E-state index is 0.510. The van der Waals surface area contributed by atoms with Crippen LogP contribution in [0.5, 0.6) is 0 Å². The first-order valence-electron chi connectivity index (χ1n) is 7.82. The van der Waals surface area contributed by atoms with Gasteiger partial charge in [-0.2, -0.15) is 0 Å². The predicted octanol–water partition coefficient (Wildman–Crippen LogP) is 2.78. The summed E-state index contributed by atoms with van der Waals surface area (Å²) in [4.78, 5) is 2.82. The molecule has 0 aromatic rings. The molecule has 2 nitrogen and oxygen atoms in total. The van der Waals surface area contributed by atoms with Crippen molar-refractivity contribution in [3.05, 3.63) is 0 Å². The van der Waals surface area contributed by atoms with E-state index in [1.165, 1.54) is 71.0 Å². The number of rotatable bonds is 3. The fourth-order valence-electron chi connectivity index (χ4n) is 4.19. The van der Waals surface area contributed by atoms with Crippen LogP contribution in [0.25, 0.3) is 0 Å². The van der Waals surface area contributed by atoms with Gasteiger partial charge in [-0.05, 0) is 31.6 Å². The Hall–Kier alpha value is -0.0800. The minimum Gasteiger partial charge on any atom is -0.309 e. The van der Waals surface area contributed by atoms with Gasteiger partial charge in [0.15, 0.2) is 0 Å². The molecule has 0 aromatic heterocycles. The minimum absolute atomic E-state index is 0.510. The van der Waals surface area contributed by atoms with E-state index in [1.54, 1.807) is 0 Å². The molecule has 0 aromatic carbocycles. The summed E-state index contributed by atoms with van der Waals surface area (Å²) in [6.45, 7) is 6.20. The SMILES string of the molecule is CCCC1CC1N1CCNC2(CCCCC2)C1. The molecule has 0 bridgehead atoms. The number of hydrogen-bond donors (Lipinski definition) is 1. The van der Waals surface area contributed by atoms with E-state index >= 15 is 0 Å². The van der Waals surface area contributed by atoms with Gasteiger partial charge >= 0.3 is 0 Å². The Morgan fingerprint density at radius 2 is 2.06 bits per heavy atom. The molecule has 2 unspecified atom stereocenters. The molecule has 2 aliphatic carbocycles. The molecular weight excluding hydrogens is 208 g/mol. The maximum Gasteiger partial charge on any atom is 0.0309 e. The third kappa shape index (κ3) is 2.53. The van der Waals surface area contributed by atoms with Crippen LogP contribution in [0.1, 0.15) is 58.3 Å². The zero-order valence-electron chi connectivity index (χ0n) is 11.4. The molecule has 0 radical (unpaired) electrons. The Labute approximate surface area is 106 Å². The Morgan fingerprint density at radius 3 is 2.82 bits per heavy atom. The zero-order chi connectivity index (χ0) is 11.7. The van der Waals surface area contributed by atoms with Gasteiger partial charge in [0.1, 0.15) is 0 Å². The van der Waals surface area contributed by atoms with E-state index in [2.05, 4.69) is 17.1 Å². The first-order chi connectivity index (χ1) is 8.33. The Kier molecular flexibility index (Phi) is 3.45. The smallest absolute Gasteiger partial charge is 0.0309 e. The summed E-state index contributed by atoms with van der Waals surface area (Å²) in [5, 5.41) is 3.85. The fraction of sp³-hybridized carbons (Fsp3) is 1.00. The summed E-state index contributed by atoms with van der Waals surface area (Å²) in [5.74, 6) is 1.04. The topological polar surface area (TPSA) is 15.3 Å². The van der Waals surface area contributed by atoms with Crippen molar-refractivity contribution in [1.82, 2.24) is 10.2 Å². The fourth-order valence-corrected chi connectivity index (χ4v) is 4.19. The molecule has 3 aliphatic rings. The molecule has 98 valence electrons. The third-order valence-corrected chi connectivity index (χ3v) is 5.23. The largest absolute Gasteiger partial charge is 0.309 e. The van der Waals surface area contributed by atoms with E-state index in [9.17, 15) is 0 Å². The highest BCUT2D eigenvalue weighted by molar-refractivity contribution is 5.03. The molecule has 2 saturated carbocycles. The second-order valence-corrected chi connectivity index (χ2v) is 6.59. The molecule has 1 N–H and O–H groups in total. The van der Waals surface area contributed by atoms with Crippen LogP contribution in [0.3, 0.4) is 0 Å². The lowest BCUT2D eigenvalue weighted by molar-refractivity contribution is 0.0899. The third-order valence-electron chi connectivity index (χ3n) is 5.23. The molecule has 1 spiro atoms. The molecular formula is C15H28N2. The lowest BCUT2D eigenvalue weighted by Gasteiger charge is -2.46. The van der Waals surface area contributed by atoms with Crippen molar-refractivity contribution in [2.75, 3.05) is 19.6 Å². The van der Waals surface area contributed by atoms with Crippen LogP contribution in [0.2, 0.25) is 0 Å². The first kappa shape index (κ1) is 12.0. The molecule has 3 rings (SSSR count). The maximum absolute atomic E-state index is 3.85. The van der Waals surface area contributed by atoms with Gasteiger partial charge in [-0.15, -0.1) is 0 Å². The lowest BCUT2D eigenvalue weighted by Crippen LogP contribution is -2.61. The molecule has 2 atom stereocenters. The van der Waals surface area contributed by atoms with Crippen LogP contribution in [0, 0.1) is 5.92 Å². The second kappa shape index (κ2) is 4.89. The van der Waals surface area contributed by atoms with Gasteiger partial charge in [-0.1, -0.05) is 32.6 Å². The highest BCUT2D eigenvalue weighted by Crippen LogP contribution is 2.41. The number of nitrogens with one attached hydrogen (secondary N) is 1. The Balaban J connectivity index is 1.56. The van der Waals surface area contributed by atoms with Crippen LogP contribution in [-0.4, -0.2) is 36.1 Å². The van der Waals surface area contributed by atoms with E-state index in [0.717, 1.165) is 12.0 Å².